The average Bonchev–Trinajstić information content (AvgIpc) is 3.55. The maximum absolute atomic E-state index is 12.5. The number of anilines is 2. The van der Waals surface area contributed by atoms with Gasteiger partial charge in [0.1, 0.15) is 25.6 Å². The van der Waals surface area contributed by atoms with Crippen LogP contribution in [0.25, 0.3) is 10.9 Å². The standard InChI is InChI=1S/C25H26N6O6/c1-35-22-7-19-21(8-23(22)36-13-17(33)12-32)27-14-28-25(19)37-18-9-29-31(10-18)11-24(34)30-16-3-2-15-4-5-26-20(15)6-16/h2-3,6-10,14,17,26,32-33H,4-5,11-13H2,1H3,(H,30,34). The Balaban J connectivity index is 1.27. The van der Waals surface area contributed by atoms with Gasteiger partial charge in [-0.05, 0) is 30.2 Å². The predicted octanol–water partition coefficient (Wildman–Crippen LogP) is 1.97. The van der Waals surface area contributed by atoms with Gasteiger partial charge in [-0.1, -0.05) is 6.07 Å². The van der Waals surface area contributed by atoms with Crippen molar-refractivity contribution in [2.24, 2.45) is 0 Å². The van der Waals surface area contributed by atoms with Crippen LogP contribution in [-0.4, -0.2) is 68.8 Å². The van der Waals surface area contributed by atoms with Crippen molar-refractivity contribution in [1.29, 1.82) is 0 Å². The van der Waals surface area contributed by atoms with Gasteiger partial charge in [0, 0.05) is 24.0 Å². The Hall–Kier alpha value is -4.42. The van der Waals surface area contributed by atoms with Crippen molar-refractivity contribution in [3.8, 4) is 23.1 Å². The number of fused-ring (bicyclic) bond motifs is 2. The molecular formula is C25H26N6O6. The second kappa shape index (κ2) is 10.7. The molecule has 0 fully saturated rings. The highest BCUT2D eigenvalue weighted by Crippen LogP contribution is 2.36. The zero-order valence-electron chi connectivity index (χ0n) is 20.0. The molecule has 12 heteroatoms. The summed E-state index contributed by atoms with van der Waals surface area (Å²) in [4.78, 5) is 21.0. The number of aromatic nitrogens is 4. The first kappa shape index (κ1) is 24.3. The fraction of sp³-hybridized carbons (Fsp3) is 0.280. The number of nitrogens with one attached hydrogen (secondary N) is 2. The molecule has 0 saturated carbocycles. The molecule has 12 nitrogen and oxygen atoms in total. The molecule has 1 amide bonds. The molecular weight excluding hydrogens is 480 g/mol. The molecule has 0 radical (unpaired) electrons. The van der Waals surface area contributed by atoms with Gasteiger partial charge in [-0.15, -0.1) is 0 Å². The van der Waals surface area contributed by atoms with Gasteiger partial charge in [0.2, 0.25) is 11.8 Å². The number of methoxy groups -OCH3 is 1. The summed E-state index contributed by atoms with van der Waals surface area (Å²) in [5, 5.41) is 29.5. The van der Waals surface area contributed by atoms with E-state index in [1.165, 1.54) is 29.9 Å². The number of aliphatic hydroxyl groups excluding tert-OH is 2. The number of hydrogen-bond acceptors (Lipinski definition) is 10. The Kier molecular flexibility index (Phi) is 7.01. The molecule has 0 saturated heterocycles. The number of rotatable bonds is 10. The Morgan fingerprint density at radius 1 is 1.24 bits per heavy atom. The van der Waals surface area contributed by atoms with Gasteiger partial charge >= 0.3 is 0 Å². The van der Waals surface area contributed by atoms with Crippen LogP contribution < -0.4 is 24.8 Å². The second-order valence-electron chi connectivity index (χ2n) is 8.42. The summed E-state index contributed by atoms with van der Waals surface area (Å²) in [5.74, 6) is 1.17. The van der Waals surface area contributed by atoms with Crippen molar-refractivity contribution in [2.75, 3.05) is 37.5 Å². The smallest absolute Gasteiger partial charge is 0.246 e. The van der Waals surface area contributed by atoms with Crippen LogP contribution in [0.15, 0.2) is 49.1 Å². The van der Waals surface area contributed by atoms with E-state index in [9.17, 15) is 9.90 Å². The normalized spacial score (nSPS) is 13.1. The monoisotopic (exact) mass is 506 g/mol. The van der Waals surface area contributed by atoms with Gasteiger partial charge < -0.3 is 35.1 Å². The molecule has 192 valence electrons. The fourth-order valence-corrected chi connectivity index (χ4v) is 3.94. The lowest BCUT2D eigenvalue weighted by Crippen LogP contribution is -2.21. The highest BCUT2D eigenvalue weighted by atomic mass is 16.5. The van der Waals surface area contributed by atoms with Gasteiger partial charge in [-0.25, -0.2) is 9.97 Å². The lowest BCUT2D eigenvalue weighted by molar-refractivity contribution is -0.116. The van der Waals surface area contributed by atoms with Crippen molar-refractivity contribution in [3.05, 3.63) is 54.6 Å². The van der Waals surface area contributed by atoms with Crippen molar-refractivity contribution in [3.63, 3.8) is 0 Å². The molecule has 5 rings (SSSR count). The quantitative estimate of drug-likeness (QED) is 0.251. The van der Waals surface area contributed by atoms with Crippen LogP contribution in [0, 0.1) is 0 Å². The molecule has 0 bridgehead atoms. The van der Waals surface area contributed by atoms with Crippen LogP contribution in [0.5, 0.6) is 23.1 Å². The molecule has 1 aliphatic heterocycles. The minimum atomic E-state index is -1.02. The molecule has 4 N–H and O–H groups in total. The summed E-state index contributed by atoms with van der Waals surface area (Å²) in [7, 11) is 1.48. The molecule has 1 unspecified atom stereocenters. The number of carbonyl (C=O) groups is 1. The zero-order valence-corrected chi connectivity index (χ0v) is 20.0. The van der Waals surface area contributed by atoms with E-state index in [0.717, 1.165) is 24.3 Å². The Bertz CT molecular complexity index is 1420. The third-order valence-corrected chi connectivity index (χ3v) is 5.76. The third kappa shape index (κ3) is 5.55. The molecule has 2 aromatic heterocycles. The largest absolute Gasteiger partial charge is 0.493 e. The first-order chi connectivity index (χ1) is 18.0. The molecule has 1 atom stereocenters. The maximum Gasteiger partial charge on any atom is 0.246 e. The van der Waals surface area contributed by atoms with Crippen molar-refractivity contribution < 1.29 is 29.2 Å². The lowest BCUT2D eigenvalue weighted by Gasteiger charge is -2.14. The SMILES string of the molecule is COc1cc2c(Oc3cnn(CC(=O)Nc4ccc5c(c4)NCC5)c3)ncnc2cc1OCC(O)CO. The molecule has 0 aliphatic carbocycles. The molecule has 1 aliphatic rings. The second-order valence-corrected chi connectivity index (χ2v) is 8.42. The van der Waals surface area contributed by atoms with Crippen LogP contribution >= 0.6 is 0 Å². The van der Waals surface area contributed by atoms with Gasteiger partial charge in [0.05, 0.1) is 37.0 Å². The number of ether oxygens (including phenoxy) is 3. The van der Waals surface area contributed by atoms with Crippen LogP contribution in [-0.2, 0) is 17.8 Å². The average molecular weight is 507 g/mol. The first-order valence-electron chi connectivity index (χ1n) is 11.6. The molecule has 2 aromatic carbocycles. The highest BCUT2D eigenvalue weighted by Gasteiger charge is 2.16. The van der Waals surface area contributed by atoms with E-state index in [0.29, 0.717) is 28.2 Å². The van der Waals surface area contributed by atoms with E-state index in [1.807, 2.05) is 18.2 Å². The zero-order chi connectivity index (χ0) is 25.8. The number of aliphatic hydroxyl groups is 2. The van der Waals surface area contributed by atoms with E-state index in [1.54, 1.807) is 18.3 Å². The van der Waals surface area contributed by atoms with E-state index >= 15 is 0 Å². The molecule has 4 aromatic rings. The van der Waals surface area contributed by atoms with E-state index in [-0.39, 0.29) is 24.9 Å². The lowest BCUT2D eigenvalue weighted by atomic mass is 10.1. The summed E-state index contributed by atoms with van der Waals surface area (Å²) in [6, 6.07) is 9.13. The number of nitrogens with zero attached hydrogens (tertiary/aromatic N) is 4. The van der Waals surface area contributed by atoms with E-state index in [2.05, 4.69) is 25.7 Å². The molecule has 0 spiro atoms. The van der Waals surface area contributed by atoms with Crippen LogP contribution in [0.1, 0.15) is 5.56 Å². The maximum atomic E-state index is 12.5. The minimum Gasteiger partial charge on any atom is -0.493 e. The summed E-state index contributed by atoms with van der Waals surface area (Å²) >= 11 is 0. The van der Waals surface area contributed by atoms with Gasteiger partial charge in [-0.3, -0.25) is 9.48 Å². The predicted molar refractivity (Wildman–Crippen MR) is 134 cm³/mol. The number of benzene rings is 2. The summed E-state index contributed by atoms with van der Waals surface area (Å²) in [6.45, 7) is 0.382. The minimum absolute atomic E-state index is 0.00656. The van der Waals surface area contributed by atoms with Crippen molar-refractivity contribution >= 4 is 28.2 Å². The van der Waals surface area contributed by atoms with Gasteiger partial charge in [-0.2, -0.15) is 5.10 Å². The molecule has 3 heterocycles. The number of hydrogen-bond donors (Lipinski definition) is 4. The van der Waals surface area contributed by atoms with Crippen molar-refractivity contribution in [1.82, 2.24) is 19.7 Å². The summed E-state index contributed by atoms with van der Waals surface area (Å²) < 4.78 is 18.4. The van der Waals surface area contributed by atoms with E-state index < -0.39 is 12.7 Å². The van der Waals surface area contributed by atoms with Gasteiger partial charge in [0.25, 0.3) is 0 Å². The number of amides is 1. The Morgan fingerprint density at radius 2 is 2.14 bits per heavy atom. The third-order valence-electron chi connectivity index (χ3n) is 5.76. The van der Waals surface area contributed by atoms with Crippen LogP contribution in [0.2, 0.25) is 0 Å². The Labute approximate surface area is 211 Å². The topological polar surface area (TPSA) is 153 Å². The molecule has 37 heavy (non-hydrogen) atoms. The van der Waals surface area contributed by atoms with E-state index in [4.69, 9.17) is 19.3 Å². The Morgan fingerprint density at radius 3 is 2.97 bits per heavy atom. The van der Waals surface area contributed by atoms with Crippen LogP contribution in [0.3, 0.4) is 0 Å². The first-order valence-corrected chi connectivity index (χ1v) is 11.6. The summed E-state index contributed by atoms with van der Waals surface area (Å²) in [5.41, 5.74) is 3.53. The summed E-state index contributed by atoms with van der Waals surface area (Å²) in [6.07, 6.45) is 4.40. The fourth-order valence-electron chi connectivity index (χ4n) is 3.94. The number of carbonyl (C=O) groups excluding carboxylic acids is 1. The highest BCUT2D eigenvalue weighted by molar-refractivity contribution is 5.91. The van der Waals surface area contributed by atoms with Crippen molar-refractivity contribution in [2.45, 2.75) is 19.1 Å². The van der Waals surface area contributed by atoms with Crippen LogP contribution in [0.4, 0.5) is 11.4 Å². The van der Waals surface area contributed by atoms with Gasteiger partial charge in [0.15, 0.2) is 17.2 Å².